The van der Waals surface area contributed by atoms with Gasteiger partial charge in [-0.2, -0.15) is 0 Å². The zero-order chi connectivity index (χ0) is 30.5. The number of nitrogens with zero attached hydrogens (tertiary/aromatic N) is 8. The van der Waals surface area contributed by atoms with E-state index in [1.807, 2.05) is 52.1 Å². The van der Waals surface area contributed by atoms with Crippen LogP contribution in [0.4, 0.5) is 10.6 Å². The number of carbonyl (C=O) groups excluding carboxylic acids is 1. The molecule has 1 saturated heterocycles. The SMILES string of the molecule is C=N/C(=C\N(N)[C@@H](c1ccccc1)[C@@H](c1ccccc1)N1CCN(C(=O)OCC2CC2)CC1)Cn1cnc(N)c2ncnc1-2. The van der Waals surface area contributed by atoms with Crippen molar-refractivity contribution in [2.24, 2.45) is 16.8 Å². The van der Waals surface area contributed by atoms with Gasteiger partial charge in [0.2, 0.25) is 0 Å². The van der Waals surface area contributed by atoms with Crippen LogP contribution in [0, 0.1) is 5.92 Å². The topological polar surface area (TPSA) is 144 Å². The van der Waals surface area contributed by atoms with Gasteiger partial charge in [0.05, 0.1) is 37.3 Å². The highest BCUT2D eigenvalue weighted by molar-refractivity contribution is 5.67. The van der Waals surface area contributed by atoms with Crippen LogP contribution in [0.15, 0.2) is 90.2 Å². The Morgan fingerprint density at radius 3 is 2.36 bits per heavy atom. The number of carbonyl (C=O) groups is 1. The number of fused-ring (bicyclic) bond motifs is 1. The van der Waals surface area contributed by atoms with Crippen molar-refractivity contribution in [3.05, 3.63) is 96.3 Å². The number of aliphatic imine (C=N–C) groups is 1. The predicted molar refractivity (Wildman–Crippen MR) is 168 cm³/mol. The standard InChI is InChI=1S/C32H38N10O2/c1-35-26(18-41-22-38-30(33)27-31(41)37-21-36-27)19-42(34)29(25-10-6-3-7-11-25)28(24-8-4-2-5-9-24)39-14-16-40(17-15-39)32(43)44-20-23-12-13-23/h2-11,19,21-23,28-29H,1,12-18,20,33-34H2/b26-19-/t28-,29+/m1/s1. The molecular formula is C32H38N10O2. The molecule has 6 rings (SSSR count). The quantitative estimate of drug-likeness (QED) is 0.151. The normalized spacial score (nSPS) is 17.3. The molecule has 12 heteroatoms. The van der Waals surface area contributed by atoms with E-state index in [-0.39, 0.29) is 18.2 Å². The Labute approximate surface area is 257 Å². The number of nitrogens with two attached hydrogens (primary N) is 2. The van der Waals surface area contributed by atoms with Gasteiger partial charge in [0.15, 0.2) is 11.6 Å². The van der Waals surface area contributed by atoms with Crippen molar-refractivity contribution in [1.29, 1.82) is 0 Å². The zero-order valence-corrected chi connectivity index (χ0v) is 24.7. The molecule has 44 heavy (non-hydrogen) atoms. The third-order valence-corrected chi connectivity index (χ3v) is 8.27. The molecule has 0 radical (unpaired) electrons. The Hall–Kier alpha value is -4.81. The molecule has 1 saturated carbocycles. The van der Waals surface area contributed by atoms with Crippen molar-refractivity contribution in [3.8, 4) is 11.5 Å². The van der Waals surface area contributed by atoms with Crippen molar-refractivity contribution in [1.82, 2.24) is 34.3 Å². The molecule has 2 fully saturated rings. The molecule has 0 spiro atoms. The van der Waals surface area contributed by atoms with Crippen LogP contribution in [0.2, 0.25) is 0 Å². The summed E-state index contributed by atoms with van der Waals surface area (Å²) in [5, 5.41) is 1.71. The number of anilines is 1. The monoisotopic (exact) mass is 594 g/mol. The lowest BCUT2D eigenvalue weighted by molar-refractivity contribution is 0.0394. The summed E-state index contributed by atoms with van der Waals surface area (Å²) >= 11 is 0. The van der Waals surface area contributed by atoms with Crippen molar-refractivity contribution in [2.75, 3.05) is 38.5 Å². The molecule has 1 aliphatic carbocycles. The lowest BCUT2D eigenvalue weighted by Gasteiger charge is -2.44. The highest BCUT2D eigenvalue weighted by Gasteiger charge is 2.36. The number of hydrazine groups is 1. The van der Waals surface area contributed by atoms with Crippen LogP contribution in [0.1, 0.15) is 36.1 Å². The zero-order valence-electron chi connectivity index (χ0n) is 24.7. The summed E-state index contributed by atoms with van der Waals surface area (Å²) in [5.41, 5.74) is 9.30. The number of piperazine rings is 1. The smallest absolute Gasteiger partial charge is 0.409 e. The number of aromatic nitrogens is 4. The number of hydrogen-bond acceptors (Lipinski definition) is 10. The molecule has 228 valence electrons. The van der Waals surface area contributed by atoms with E-state index >= 15 is 0 Å². The van der Waals surface area contributed by atoms with E-state index < -0.39 is 0 Å². The average molecular weight is 595 g/mol. The first-order valence-corrected chi connectivity index (χ1v) is 14.9. The number of ether oxygens (including phenoxy) is 1. The molecule has 4 aliphatic rings. The van der Waals surface area contributed by atoms with E-state index in [0.717, 1.165) is 24.0 Å². The van der Waals surface area contributed by atoms with Crippen LogP contribution in [-0.2, 0) is 11.3 Å². The highest BCUT2D eigenvalue weighted by Crippen LogP contribution is 2.38. The van der Waals surface area contributed by atoms with E-state index in [1.54, 1.807) is 11.3 Å². The Morgan fingerprint density at radius 1 is 1.02 bits per heavy atom. The summed E-state index contributed by atoms with van der Waals surface area (Å²) in [7, 11) is 0. The number of imidazole rings is 1. The molecular weight excluding hydrogens is 556 g/mol. The molecule has 0 unspecified atom stereocenters. The number of hydrogen-bond donors (Lipinski definition) is 2. The van der Waals surface area contributed by atoms with Gasteiger partial charge < -0.3 is 24.9 Å². The molecule has 3 heterocycles. The van der Waals surface area contributed by atoms with E-state index in [2.05, 4.69) is 55.8 Å². The fraction of sp³-hybridized carbons (Fsp3) is 0.344. The van der Waals surface area contributed by atoms with Gasteiger partial charge >= 0.3 is 6.09 Å². The summed E-state index contributed by atoms with van der Waals surface area (Å²) < 4.78 is 7.39. The number of nitrogen functional groups attached to an aromatic ring is 1. The minimum Gasteiger partial charge on any atom is -0.449 e. The van der Waals surface area contributed by atoms with Crippen LogP contribution in [0.5, 0.6) is 0 Å². The first-order chi connectivity index (χ1) is 21.5. The molecule has 12 nitrogen and oxygen atoms in total. The number of benzene rings is 2. The van der Waals surface area contributed by atoms with Gasteiger partial charge in [0.25, 0.3) is 0 Å². The minimum absolute atomic E-state index is 0.131. The average Bonchev–Trinajstić information content (AvgIpc) is 3.76. The van der Waals surface area contributed by atoms with E-state index in [1.165, 1.54) is 6.33 Å². The van der Waals surface area contributed by atoms with Crippen molar-refractivity contribution < 1.29 is 9.53 Å². The fourth-order valence-corrected chi connectivity index (χ4v) is 5.73. The molecule has 1 amide bonds. The predicted octanol–water partition coefficient (Wildman–Crippen LogP) is 3.72. The van der Waals surface area contributed by atoms with Crippen molar-refractivity contribution >= 4 is 18.6 Å². The molecule has 3 aliphatic heterocycles. The Kier molecular flexibility index (Phi) is 8.80. The minimum atomic E-state index is -0.294. The van der Waals surface area contributed by atoms with Crippen LogP contribution < -0.4 is 11.6 Å². The summed E-state index contributed by atoms with van der Waals surface area (Å²) in [6, 6.07) is 20.1. The third-order valence-electron chi connectivity index (χ3n) is 8.27. The first kappa shape index (κ1) is 29.3. The molecule has 0 aromatic heterocycles. The van der Waals surface area contributed by atoms with E-state index in [9.17, 15) is 4.79 Å². The summed E-state index contributed by atoms with van der Waals surface area (Å²) in [6.45, 7) is 7.15. The Bertz CT molecular complexity index is 1550. The van der Waals surface area contributed by atoms with Gasteiger partial charge in [-0.15, -0.1) is 0 Å². The summed E-state index contributed by atoms with van der Waals surface area (Å²) in [4.78, 5) is 34.1. The first-order valence-electron chi connectivity index (χ1n) is 14.9. The Morgan fingerprint density at radius 2 is 1.70 bits per heavy atom. The lowest BCUT2D eigenvalue weighted by atomic mass is 9.91. The second-order valence-corrected chi connectivity index (χ2v) is 11.3. The second kappa shape index (κ2) is 13.2. The second-order valence-electron chi connectivity index (χ2n) is 11.3. The molecule has 4 N–H and O–H groups in total. The third kappa shape index (κ3) is 6.56. The maximum atomic E-state index is 12.7. The maximum Gasteiger partial charge on any atom is 0.409 e. The van der Waals surface area contributed by atoms with Crippen LogP contribution in [0.25, 0.3) is 11.5 Å². The van der Waals surface area contributed by atoms with Gasteiger partial charge in [-0.25, -0.2) is 25.6 Å². The fourth-order valence-electron chi connectivity index (χ4n) is 5.73. The molecule has 2 aromatic rings. The number of rotatable bonds is 11. The molecule has 0 bridgehead atoms. The van der Waals surface area contributed by atoms with E-state index in [4.69, 9.17) is 16.3 Å². The largest absolute Gasteiger partial charge is 0.449 e. The van der Waals surface area contributed by atoms with Gasteiger partial charge in [-0.3, -0.25) is 9.89 Å². The van der Waals surface area contributed by atoms with E-state index in [0.29, 0.717) is 68.3 Å². The van der Waals surface area contributed by atoms with Gasteiger partial charge in [0.1, 0.15) is 12.0 Å². The van der Waals surface area contributed by atoms with Gasteiger partial charge in [-0.1, -0.05) is 60.7 Å². The highest BCUT2D eigenvalue weighted by atomic mass is 16.6. The van der Waals surface area contributed by atoms with Crippen LogP contribution in [0.3, 0.4) is 0 Å². The van der Waals surface area contributed by atoms with Crippen LogP contribution in [-0.4, -0.2) is 79.9 Å². The summed E-state index contributed by atoms with van der Waals surface area (Å²) in [5.74, 6) is 8.43. The molecule has 2 atom stereocenters. The van der Waals surface area contributed by atoms with Crippen LogP contribution >= 0.6 is 0 Å². The maximum absolute atomic E-state index is 12.7. The lowest BCUT2D eigenvalue weighted by Crippen LogP contribution is -2.52. The summed E-state index contributed by atoms with van der Waals surface area (Å²) in [6.07, 6.45) is 6.96. The van der Waals surface area contributed by atoms with Crippen molar-refractivity contribution in [3.63, 3.8) is 0 Å². The number of allylic oxidation sites excluding steroid dienone is 1. The molecule has 2 aromatic carbocycles. The number of amides is 1. The van der Waals surface area contributed by atoms with Gasteiger partial charge in [0, 0.05) is 32.4 Å². The van der Waals surface area contributed by atoms with Gasteiger partial charge in [-0.05, 0) is 36.6 Å². The Balaban J connectivity index is 1.29. The van der Waals surface area contributed by atoms with Crippen molar-refractivity contribution in [2.45, 2.75) is 31.5 Å².